The van der Waals surface area contributed by atoms with Crippen LogP contribution in [0.4, 0.5) is 0 Å². The zero-order valence-corrected chi connectivity index (χ0v) is 9.23. The van der Waals surface area contributed by atoms with Gasteiger partial charge in [-0.05, 0) is 26.0 Å². The zero-order chi connectivity index (χ0) is 11.1. The van der Waals surface area contributed by atoms with Crippen LogP contribution in [0, 0.1) is 0 Å². The Morgan fingerprint density at radius 3 is 2.87 bits per heavy atom. The fourth-order valence-corrected chi connectivity index (χ4v) is 1.31. The van der Waals surface area contributed by atoms with Crippen LogP contribution < -0.4 is 0 Å². The highest BCUT2D eigenvalue weighted by molar-refractivity contribution is 5.87. The summed E-state index contributed by atoms with van der Waals surface area (Å²) in [5, 5.41) is 0. The van der Waals surface area contributed by atoms with Gasteiger partial charge in [-0.25, -0.2) is 4.79 Å². The van der Waals surface area contributed by atoms with Crippen molar-refractivity contribution in [1.29, 1.82) is 0 Å². The second kappa shape index (κ2) is 6.24. The largest absolute Gasteiger partial charge is 0.461 e. The minimum atomic E-state index is -0.279. The van der Waals surface area contributed by atoms with Gasteiger partial charge in [-0.1, -0.05) is 0 Å². The molecule has 4 heteroatoms. The number of nitrogens with zero attached hydrogens (tertiary/aromatic N) is 1. The van der Waals surface area contributed by atoms with E-state index in [1.165, 1.54) is 0 Å². The maximum atomic E-state index is 11.5. The molecule has 0 aliphatic heterocycles. The van der Waals surface area contributed by atoms with Gasteiger partial charge in [-0.3, -0.25) is 0 Å². The van der Waals surface area contributed by atoms with Crippen LogP contribution in [-0.4, -0.2) is 30.4 Å². The molecule has 1 rings (SSSR count). The van der Waals surface area contributed by atoms with Gasteiger partial charge in [0.2, 0.25) is 0 Å². The molecular weight excluding hydrogens is 194 g/mol. The molecule has 1 aromatic rings. The van der Waals surface area contributed by atoms with Crippen molar-refractivity contribution >= 4 is 5.97 Å². The van der Waals surface area contributed by atoms with Crippen molar-refractivity contribution in [1.82, 2.24) is 4.57 Å². The third kappa shape index (κ3) is 3.40. The molecule has 0 unspecified atom stereocenters. The zero-order valence-electron chi connectivity index (χ0n) is 9.23. The van der Waals surface area contributed by atoms with E-state index >= 15 is 0 Å². The Labute approximate surface area is 89.8 Å². The summed E-state index contributed by atoms with van der Waals surface area (Å²) in [6.07, 6.45) is 1.85. The molecule has 0 aliphatic rings. The Kier molecular flexibility index (Phi) is 4.90. The summed E-state index contributed by atoms with van der Waals surface area (Å²) >= 11 is 0. The molecule has 0 amide bonds. The Bertz CT molecular complexity index is 307. The van der Waals surface area contributed by atoms with Crippen molar-refractivity contribution in [2.45, 2.75) is 20.4 Å². The predicted molar refractivity (Wildman–Crippen MR) is 56.9 cm³/mol. The molecule has 1 heterocycles. The molecule has 0 N–H and O–H groups in total. The van der Waals surface area contributed by atoms with Crippen LogP contribution in [0.3, 0.4) is 0 Å². The van der Waals surface area contributed by atoms with Gasteiger partial charge in [0.05, 0.1) is 13.2 Å². The Morgan fingerprint density at radius 1 is 1.40 bits per heavy atom. The van der Waals surface area contributed by atoms with E-state index in [4.69, 9.17) is 9.47 Å². The molecule has 84 valence electrons. The van der Waals surface area contributed by atoms with Crippen LogP contribution in [0.2, 0.25) is 0 Å². The van der Waals surface area contributed by atoms with Gasteiger partial charge in [0, 0.05) is 19.3 Å². The van der Waals surface area contributed by atoms with Crippen molar-refractivity contribution in [3.8, 4) is 0 Å². The highest BCUT2D eigenvalue weighted by Crippen LogP contribution is 2.04. The van der Waals surface area contributed by atoms with E-state index in [2.05, 4.69) is 0 Å². The maximum absolute atomic E-state index is 11.5. The quantitative estimate of drug-likeness (QED) is 0.531. The highest BCUT2D eigenvalue weighted by atomic mass is 16.5. The number of esters is 1. The number of carbonyl (C=O) groups excluding carboxylic acids is 1. The van der Waals surface area contributed by atoms with Gasteiger partial charge in [0.25, 0.3) is 0 Å². The lowest BCUT2D eigenvalue weighted by atomic mass is 10.4. The molecule has 0 aromatic carbocycles. The fourth-order valence-electron chi connectivity index (χ4n) is 1.31. The molecule has 1 aromatic heterocycles. The molecule has 15 heavy (non-hydrogen) atoms. The fraction of sp³-hybridized carbons (Fsp3) is 0.545. The van der Waals surface area contributed by atoms with Gasteiger partial charge in [0.15, 0.2) is 0 Å². The molecule has 0 aliphatic carbocycles. The first-order chi connectivity index (χ1) is 7.29. The lowest BCUT2D eigenvalue weighted by molar-refractivity contribution is 0.0510. The number of aromatic nitrogens is 1. The number of hydrogen-bond acceptors (Lipinski definition) is 3. The van der Waals surface area contributed by atoms with Crippen LogP contribution in [0.1, 0.15) is 24.3 Å². The van der Waals surface area contributed by atoms with Crippen molar-refractivity contribution in [3.05, 3.63) is 24.0 Å². The Hall–Kier alpha value is -1.29. The summed E-state index contributed by atoms with van der Waals surface area (Å²) in [7, 11) is 0. The van der Waals surface area contributed by atoms with E-state index in [-0.39, 0.29) is 5.97 Å². The summed E-state index contributed by atoms with van der Waals surface area (Å²) in [6.45, 7) is 6.12. The third-order valence-electron chi connectivity index (χ3n) is 1.99. The van der Waals surface area contributed by atoms with Crippen molar-refractivity contribution < 1.29 is 14.3 Å². The number of rotatable bonds is 6. The molecule has 0 fully saturated rings. The van der Waals surface area contributed by atoms with E-state index in [1.54, 1.807) is 13.0 Å². The highest BCUT2D eigenvalue weighted by Gasteiger charge is 2.10. The third-order valence-corrected chi connectivity index (χ3v) is 1.99. The molecule has 0 spiro atoms. The summed E-state index contributed by atoms with van der Waals surface area (Å²) < 4.78 is 12.0. The molecule has 4 nitrogen and oxygen atoms in total. The minimum absolute atomic E-state index is 0.279. The first-order valence-electron chi connectivity index (χ1n) is 5.19. The van der Waals surface area contributed by atoms with Gasteiger partial charge < -0.3 is 14.0 Å². The lowest BCUT2D eigenvalue weighted by Gasteiger charge is -2.08. The monoisotopic (exact) mass is 211 g/mol. The molecular formula is C11H17NO3. The number of ether oxygens (including phenoxy) is 2. The number of hydrogen-bond donors (Lipinski definition) is 0. The average molecular weight is 211 g/mol. The first kappa shape index (κ1) is 11.8. The van der Waals surface area contributed by atoms with Crippen LogP contribution in [0.25, 0.3) is 0 Å². The summed E-state index contributed by atoms with van der Waals surface area (Å²) in [6, 6.07) is 3.59. The summed E-state index contributed by atoms with van der Waals surface area (Å²) in [4.78, 5) is 11.5. The second-order valence-electron chi connectivity index (χ2n) is 3.00. The molecule has 0 radical (unpaired) electrons. The van der Waals surface area contributed by atoms with Gasteiger partial charge >= 0.3 is 5.97 Å². The standard InChI is InChI=1S/C11H17NO3/c1-3-14-9-8-12-7-5-6-10(12)11(13)15-4-2/h5-7H,3-4,8-9H2,1-2H3. The minimum Gasteiger partial charge on any atom is -0.461 e. The maximum Gasteiger partial charge on any atom is 0.354 e. The van der Waals surface area contributed by atoms with E-state index < -0.39 is 0 Å². The lowest BCUT2D eigenvalue weighted by Crippen LogP contribution is -2.14. The second-order valence-corrected chi connectivity index (χ2v) is 3.00. The van der Waals surface area contributed by atoms with E-state index in [0.29, 0.717) is 32.1 Å². The van der Waals surface area contributed by atoms with Gasteiger partial charge in [0.1, 0.15) is 5.69 Å². The summed E-state index contributed by atoms with van der Waals surface area (Å²) in [5.74, 6) is -0.279. The molecule has 0 saturated heterocycles. The Balaban J connectivity index is 2.56. The predicted octanol–water partition coefficient (Wildman–Crippen LogP) is 1.70. The SMILES string of the molecule is CCOCCn1cccc1C(=O)OCC. The van der Waals surface area contributed by atoms with E-state index in [0.717, 1.165) is 0 Å². The number of carbonyl (C=O) groups is 1. The smallest absolute Gasteiger partial charge is 0.354 e. The molecule has 0 saturated carbocycles. The summed E-state index contributed by atoms with van der Waals surface area (Å²) in [5.41, 5.74) is 0.580. The molecule has 0 atom stereocenters. The first-order valence-corrected chi connectivity index (χ1v) is 5.19. The Morgan fingerprint density at radius 2 is 2.20 bits per heavy atom. The average Bonchev–Trinajstić information content (AvgIpc) is 2.67. The van der Waals surface area contributed by atoms with E-state index in [1.807, 2.05) is 23.8 Å². The van der Waals surface area contributed by atoms with Crippen molar-refractivity contribution in [3.63, 3.8) is 0 Å². The van der Waals surface area contributed by atoms with Crippen molar-refractivity contribution in [2.75, 3.05) is 19.8 Å². The van der Waals surface area contributed by atoms with Crippen LogP contribution in [-0.2, 0) is 16.0 Å². The van der Waals surface area contributed by atoms with Crippen molar-refractivity contribution in [2.24, 2.45) is 0 Å². The van der Waals surface area contributed by atoms with E-state index in [9.17, 15) is 4.79 Å². The van der Waals surface area contributed by atoms with Gasteiger partial charge in [-0.15, -0.1) is 0 Å². The van der Waals surface area contributed by atoms with Crippen LogP contribution >= 0.6 is 0 Å². The van der Waals surface area contributed by atoms with Crippen LogP contribution in [0.5, 0.6) is 0 Å². The molecule has 0 bridgehead atoms. The normalized spacial score (nSPS) is 10.3. The van der Waals surface area contributed by atoms with Gasteiger partial charge in [-0.2, -0.15) is 0 Å². The van der Waals surface area contributed by atoms with Crippen LogP contribution in [0.15, 0.2) is 18.3 Å². The topological polar surface area (TPSA) is 40.5 Å².